The Kier molecular flexibility index (Phi) is 10.3. The number of hydrogen-bond donors (Lipinski definition) is 2. The Balaban J connectivity index is 1.65. The summed E-state index contributed by atoms with van der Waals surface area (Å²) in [7, 11) is 3.12. The molecule has 2 heterocycles. The first kappa shape index (κ1) is 33.3. The minimum atomic E-state index is -1.43. The molecule has 0 bridgehead atoms. The number of carbonyl (C=O) groups excluding carboxylic acids is 2. The number of benzene rings is 3. The highest BCUT2D eigenvalue weighted by atomic mass is 16.6. The molecule has 12 heteroatoms. The Bertz CT molecular complexity index is 1740. The van der Waals surface area contributed by atoms with Gasteiger partial charge in [0.25, 0.3) is 5.56 Å². The number of nitrogens with zero attached hydrogens (tertiary/aromatic N) is 1. The average Bonchev–Trinajstić information content (AvgIpc) is 3.39. The largest absolute Gasteiger partial charge is 0.497 e. The smallest absolute Gasteiger partial charge is 0.330 e. The Hall–Kier alpha value is -5.04. The number of aromatic nitrogens is 2. The van der Waals surface area contributed by atoms with Gasteiger partial charge in [-0.05, 0) is 47.9 Å². The zero-order valence-electron chi connectivity index (χ0n) is 26.2. The van der Waals surface area contributed by atoms with E-state index in [1.54, 1.807) is 38.5 Å². The van der Waals surface area contributed by atoms with E-state index in [0.29, 0.717) is 28.2 Å². The van der Waals surface area contributed by atoms with Gasteiger partial charge in [0, 0.05) is 18.7 Å². The molecule has 1 aliphatic rings. The number of Topliss-reactive ketones (excluding diaryl/α,β-unsaturated/α-hetero) is 1. The average molecular weight is 645 g/mol. The van der Waals surface area contributed by atoms with Gasteiger partial charge in [0.2, 0.25) is 0 Å². The van der Waals surface area contributed by atoms with Crippen LogP contribution >= 0.6 is 0 Å². The number of aliphatic hydroxyl groups is 1. The third-order valence-electron chi connectivity index (χ3n) is 8.01. The molecule has 5 rings (SSSR count). The van der Waals surface area contributed by atoms with Gasteiger partial charge >= 0.3 is 11.7 Å². The molecule has 0 amide bonds. The van der Waals surface area contributed by atoms with Crippen LogP contribution in [0.1, 0.15) is 42.7 Å². The molecule has 1 saturated heterocycles. The molecular weight excluding hydrogens is 608 g/mol. The van der Waals surface area contributed by atoms with Gasteiger partial charge in [-0.2, -0.15) is 0 Å². The molecule has 0 radical (unpaired) electrons. The van der Waals surface area contributed by atoms with Gasteiger partial charge in [-0.1, -0.05) is 54.6 Å². The Morgan fingerprint density at radius 1 is 0.851 bits per heavy atom. The molecule has 3 aromatic carbocycles. The first-order valence-electron chi connectivity index (χ1n) is 15.0. The summed E-state index contributed by atoms with van der Waals surface area (Å²) in [6.07, 6.45) is -3.96. The zero-order valence-corrected chi connectivity index (χ0v) is 26.2. The topological polar surface area (TPSA) is 155 Å². The van der Waals surface area contributed by atoms with Crippen molar-refractivity contribution in [3.05, 3.63) is 129 Å². The third-order valence-corrected chi connectivity index (χ3v) is 8.01. The van der Waals surface area contributed by atoms with Crippen molar-refractivity contribution in [3.63, 3.8) is 0 Å². The van der Waals surface area contributed by atoms with Crippen LogP contribution in [0.4, 0.5) is 0 Å². The van der Waals surface area contributed by atoms with Crippen molar-refractivity contribution < 1.29 is 38.4 Å². The minimum Gasteiger partial charge on any atom is -0.497 e. The summed E-state index contributed by atoms with van der Waals surface area (Å²) in [4.78, 5) is 50.9. The maximum Gasteiger partial charge on any atom is 0.330 e. The quantitative estimate of drug-likeness (QED) is 0.164. The van der Waals surface area contributed by atoms with E-state index in [0.717, 1.165) is 10.6 Å². The fourth-order valence-electron chi connectivity index (χ4n) is 5.59. The zero-order chi connectivity index (χ0) is 33.6. The monoisotopic (exact) mass is 644 g/mol. The molecule has 1 aliphatic heterocycles. The van der Waals surface area contributed by atoms with Gasteiger partial charge in [0.05, 0.1) is 20.6 Å². The standard InChI is InChI=1S/C35H36N2O10/c1-22(38)9-18-30(40)45-21-28-31(41)32(33(46-28)37-20-19-29(39)36-34(37)42)47-35(23-7-5-4-6-8-23,24-10-14-26(43-2)15-11-24)25-12-16-27(44-3)17-13-25/h4-8,10-17,19-20,28,31-33,41H,9,18,21H2,1-3H3,(H,36,39,42). The van der Waals surface area contributed by atoms with Crippen LogP contribution in [-0.2, 0) is 29.4 Å². The van der Waals surface area contributed by atoms with Crippen LogP contribution in [0.5, 0.6) is 11.5 Å². The van der Waals surface area contributed by atoms with Crippen LogP contribution < -0.4 is 20.7 Å². The highest BCUT2D eigenvalue weighted by Crippen LogP contribution is 2.46. The summed E-state index contributed by atoms with van der Waals surface area (Å²) >= 11 is 0. The van der Waals surface area contributed by atoms with Crippen LogP contribution in [-0.4, -0.2) is 65.5 Å². The van der Waals surface area contributed by atoms with E-state index >= 15 is 0 Å². The Morgan fingerprint density at radius 3 is 1.96 bits per heavy atom. The number of nitrogens with one attached hydrogen (secondary N) is 1. The van der Waals surface area contributed by atoms with Crippen LogP contribution in [0.2, 0.25) is 0 Å². The molecule has 0 spiro atoms. The van der Waals surface area contributed by atoms with Crippen molar-refractivity contribution >= 4 is 11.8 Å². The van der Waals surface area contributed by atoms with Gasteiger partial charge in [0.1, 0.15) is 47.8 Å². The van der Waals surface area contributed by atoms with E-state index in [2.05, 4.69) is 4.98 Å². The number of H-pyrrole nitrogens is 1. The molecule has 0 saturated carbocycles. The van der Waals surface area contributed by atoms with Crippen LogP contribution in [0.3, 0.4) is 0 Å². The summed E-state index contributed by atoms with van der Waals surface area (Å²) in [6, 6.07) is 25.0. The van der Waals surface area contributed by atoms with Crippen molar-refractivity contribution in [1.82, 2.24) is 9.55 Å². The van der Waals surface area contributed by atoms with Crippen molar-refractivity contribution in [2.24, 2.45) is 0 Å². The number of ether oxygens (including phenoxy) is 5. The number of carbonyl (C=O) groups is 2. The molecule has 0 aliphatic carbocycles. The molecule has 4 unspecified atom stereocenters. The van der Waals surface area contributed by atoms with E-state index < -0.39 is 47.4 Å². The Morgan fingerprint density at radius 2 is 1.43 bits per heavy atom. The van der Waals surface area contributed by atoms with Gasteiger partial charge in [-0.15, -0.1) is 0 Å². The van der Waals surface area contributed by atoms with E-state index in [9.17, 15) is 24.3 Å². The number of aliphatic hydroxyl groups excluding tert-OH is 1. The second-order valence-electron chi connectivity index (χ2n) is 11.0. The van der Waals surface area contributed by atoms with E-state index in [1.165, 1.54) is 13.1 Å². The first-order valence-corrected chi connectivity index (χ1v) is 15.0. The molecular formula is C35H36N2O10. The summed E-state index contributed by atoms with van der Waals surface area (Å²) in [5, 5.41) is 11.8. The third kappa shape index (κ3) is 7.19. The summed E-state index contributed by atoms with van der Waals surface area (Å²) < 4.78 is 30.6. The number of methoxy groups -OCH3 is 2. The SMILES string of the molecule is COc1ccc(C(OC2C(O)C(COC(=O)CCC(C)=O)OC2n2ccc(=O)[nH]c2=O)(c2ccccc2)c2ccc(OC)cc2)cc1. The molecule has 47 heavy (non-hydrogen) atoms. The maximum atomic E-state index is 13.1. The van der Waals surface area contributed by atoms with Crippen molar-refractivity contribution in [3.8, 4) is 11.5 Å². The fourth-order valence-corrected chi connectivity index (χ4v) is 5.59. The van der Waals surface area contributed by atoms with Gasteiger partial charge < -0.3 is 33.6 Å². The van der Waals surface area contributed by atoms with E-state index in [-0.39, 0.29) is 25.2 Å². The van der Waals surface area contributed by atoms with E-state index in [4.69, 9.17) is 23.7 Å². The van der Waals surface area contributed by atoms with Gasteiger partial charge in [-0.25, -0.2) is 4.79 Å². The lowest BCUT2D eigenvalue weighted by Crippen LogP contribution is -2.45. The molecule has 246 valence electrons. The van der Waals surface area contributed by atoms with Gasteiger partial charge in [0.15, 0.2) is 6.23 Å². The predicted molar refractivity (Wildman–Crippen MR) is 169 cm³/mol. The number of ketones is 1. The van der Waals surface area contributed by atoms with E-state index in [1.807, 2.05) is 54.6 Å². The van der Waals surface area contributed by atoms with Gasteiger partial charge in [-0.3, -0.25) is 19.1 Å². The minimum absolute atomic E-state index is 0.0113. The lowest BCUT2D eigenvalue weighted by Gasteiger charge is -2.40. The maximum absolute atomic E-state index is 13.1. The summed E-state index contributed by atoms with van der Waals surface area (Å²) in [5.41, 5.74) is -0.808. The number of hydrogen-bond acceptors (Lipinski definition) is 10. The second-order valence-corrected chi connectivity index (χ2v) is 11.0. The summed E-state index contributed by atoms with van der Waals surface area (Å²) in [6.45, 7) is 0.992. The lowest BCUT2D eigenvalue weighted by molar-refractivity contribution is -0.151. The highest BCUT2D eigenvalue weighted by Gasteiger charge is 2.52. The molecule has 4 atom stereocenters. The number of esters is 1. The molecule has 1 fully saturated rings. The lowest BCUT2D eigenvalue weighted by atomic mass is 9.79. The van der Waals surface area contributed by atoms with Crippen LogP contribution in [0, 0.1) is 0 Å². The number of rotatable bonds is 13. The molecule has 1 aromatic heterocycles. The van der Waals surface area contributed by atoms with Crippen LogP contribution in [0.15, 0.2) is 101 Å². The highest BCUT2D eigenvalue weighted by molar-refractivity contribution is 5.80. The predicted octanol–water partition coefficient (Wildman–Crippen LogP) is 3.10. The second kappa shape index (κ2) is 14.6. The van der Waals surface area contributed by atoms with Crippen molar-refractivity contribution in [2.75, 3.05) is 20.8 Å². The normalized spacial score (nSPS) is 19.2. The number of aromatic amines is 1. The summed E-state index contributed by atoms with van der Waals surface area (Å²) in [5.74, 6) is 0.408. The van der Waals surface area contributed by atoms with Crippen LogP contribution in [0.25, 0.3) is 0 Å². The first-order chi connectivity index (χ1) is 22.7. The fraction of sp³-hybridized carbons (Fsp3) is 0.314. The molecule has 4 aromatic rings. The molecule has 2 N–H and O–H groups in total. The Labute approximate surface area is 270 Å². The van der Waals surface area contributed by atoms with Crippen molar-refractivity contribution in [2.45, 2.75) is 49.9 Å². The molecule has 12 nitrogen and oxygen atoms in total. The van der Waals surface area contributed by atoms with Crippen molar-refractivity contribution in [1.29, 1.82) is 0 Å².